The van der Waals surface area contributed by atoms with Crippen molar-refractivity contribution in [2.75, 3.05) is 5.32 Å². The number of anilines is 1. The number of carbonyl (C=O) groups excluding carboxylic acids is 1. The van der Waals surface area contributed by atoms with Gasteiger partial charge in [0.05, 0.1) is 0 Å². The summed E-state index contributed by atoms with van der Waals surface area (Å²) in [7, 11) is 0. The SMILES string of the molecule is Cc1cccc(C)c1C(=O)Nc1ccc(CN)cn1. The maximum absolute atomic E-state index is 12.2. The molecule has 2 aromatic rings. The van der Waals surface area contributed by atoms with Gasteiger partial charge in [-0.2, -0.15) is 0 Å². The van der Waals surface area contributed by atoms with E-state index in [0.29, 0.717) is 17.9 Å². The zero-order valence-corrected chi connectivity index (χ0v) is 11.1. The van der Waals surface area contributed by atoms with Crippen molar-refractivity contribution in [3.8, 4) is 0 Å². The van der Waals surface area contributed by atoms with Crippen LogP contribution in [0.3, 0.4) is 0 Å². The maximum atomic E-state index is 12.2. The lowest BCUT2D eigenvalue weighted by Gasteiger charge is -2.10. The highest BCUT2D eigenvalue weighted by Gasteiger charge is 2.12. The normalized spacial score (nSPS) is 10.3. The van der Waals surface area contributed by atoms with Crippen molar-refractivity contribution in [1.82, 2.24) is 4.98 Å². The Morgan fingerprint density at radius 1 is 1.21 bits per heavy atom. The summed E-state index contributed by atoms with van der Waals surface area (Å²) in [5.41, 5.74) is 9.05. The molecular formula is C15H17N3O. The van der Waals surface area contributed by atoms with Crippen molar-refractivity contribution in [2.45, 2.75) is 20.4 Å². The van der Waals surface area contributed by atoms with Crippen LogP contribution in [0.25, 0.3) is 0 Å². The second kappa shape index (κ2) is 5.63. The molecule has 0 bridgehead atoms. The van der Waals surface area contributed by atoms with Crippen LogP contribution in [0, 0.1) is 13.8 Å². The highest BCUT2D eigenvalue weighted by Crippen LogP contribution is 2.15. The lowest BCUT2D eigenvalue weighted by molar-refractivity contribution is 0.102. The number of carbonyl (C=O) groups is 1. The smallest absolute Gasteiger partial charge is 0.257 e. The molecule has 4 heteroatoms. The Bertz CT molecular complexity index is 571. The Kier molecular flexibility index (Phi) is 3.92. The molecule has 98 valence electrons. The number of nitrogens with one attached hydrogen (secondary N) is 1. The first-order chi connectivity index (χ1) is 9.11. The second-order valence-corrected chi connectivity index (χ2v) is 4.48. The van der Waals surface area contributed by atoms with Crippen LogP contribution in [0.2, 0.25) is 0 Å². The van der Waals surface area contributed by atoms with Gasteiger partial charge in [-0.25, -0.2) is 4.98 Å². The van der Waals surface area contributed by atoms with Crippen LogP contribution in [0.4, 0.5) is 5.82 Å². The van der Waals surface area contributed by atoms with Crippen molar-refractivity contribution in [3.05, 3.63) is 58.8 Å². The van der Waals surface area contributed by atoms with Gasteiger partial charge in [-0.05, 0) is 36.6 Å². The van der Waals surface area contributed by atoms with E-state index in [1.54, 1.807) is 12.3 Å². The predicted molar refractivity (Wildman–Crippen MR) is 76.0 cm³/mol. The van der Waals surface area contributed by atoms with E-state index in [4.69, 9.17) is 5.73 Å². The number of aryl methyl sites for hydroxylation is 2. The van der Waals surface area contributed by atoms with Crippen molar-refractivity contribution >= 4 is 11.7 Å². The number of amides is 1. The van der Waals surface area contributed by atoms with Crippen LogP contribution in [0.15, 0.2) is 36.5 Å². The lowest BCUT2D eigenvalue weighted by Crippen LogP contribution is -2.15. The summed E-state index contributed by atoms with van der Waals surface area (Å²) in [5.74, 6) is 0.397. The minimum Gasteiger partial charge on any atom is -0.326 e. The number of nitrogens with zero attached hydrogens (tertiary/aromatic N) is 1. The van der Waals surface area contributed by atoms with Crippen LogP contribution in [0.5, 0.6) is 0 Å². The topological polar surface area (TPSA) is 68.0 Å². The van der Waals surface area contributed by atoms with E-state index in [0.717, 1.165) is 16.7 Å². The number of aromatic nitrogens is 1. The number of benzene rings is 1. The average Bonchev–Trinajstić information content (AvgIpc) is 2.39. The molecule has 0 spiro atoms. The van der Waals surface area contributed by atoms with E-state index in [2.05, 4.69) is 10.3 Å². The van der Waals surface area contributed by atoms with Gasteiger partial charge in [0, 0.05) is 18.3 Å². The molecule has 1 heterocycles. The van der Waals surface area contributed by atoms with Crippen LogP contribution >= 0.6 is 0 Å². The fourth-order valence-corrected chi connectivity index (χ4v) is 1.97. The predicted octanol–water partition coefficient (Wildman–Crippen LogP) is 2.41. The molecule has 0 atom stereocenters. The minimum atomic E-state index is -0.136. The number of hydrogen-bond donors (Lipinski definition) is 2. The van der Waals surface area contributed by atoms with Crippen molar-refractivity contribution in [2.24, 2.45) is 5.73 Å². The fraction of sp³-hybridized carbons (Fsp3) is 0.200. The van der Waals surface area contributed by atoms with Gasteiger partial charge in [-0.15, -0.1) is 0 Å². The van der Waals surface area contributed by atoms with Gasteiger partial charge in [0.15, 0.2) is 0 Å². The van der Waals surface area contributed by atoms with Gasteiger partial charge in [0.1, 0.15) is 5.82 Å². The third kappa shape index (κ3) is 2.98. The Balaban J connectivity index is 2.21. The van der Waals surface area contributed by atoms with Crippen molar-refractivity contribution < 1.29 is 4.79 Å². The maximum Gasteiger partial charge on any atom is 0.257 e. The summed E-state index contributed by atoms with van der Waals surface area (Å²) in [6.07, 6.45) is 1.67. The first-order valence-corrected chi connectivity index (χ1v) is 6.14. The molecule has 0 aliphatic heterocycles. The molecule has 19 heavy (non-hydrogen) atoms. The number of nitrogens with two attached hydrogens (primary N) is 1. The first-order valence-electron chi connectivity index (χ1n) is 6.14. The lowest BCUT2D eigenvalue weighted by atomic mass is 10.0. The van der Waals surface area contributed by atoms with E-state index < -0.39 is 0 Å². The first kappa shape index (κ1) is 13.2. The van der Waals surface area contributed by atoms with Gasteiger partial charge in [0.25, 0.3) is 5.91 Å². The number of hydrogen-bond acceptors (Lipinski definition) is 3. The summed E-state index contributed by atoms with van der Waals surface area (Å²) < 4.78 is 0. The summed E-state index contributed by atoms with van der Waals surface area (Å²) in [6.45, 7) is 4.29. The van der Waals surface area contributed by atoms with Crippen molar-refractivity contribution in [3.63, 3.8) is 0 Å². The van der Waals surface area contributed by atoms with Crippen LogP contribution < -0.4 is 11.1 Å². The third-order valence-electron chi connectivity index (χ3n) is 3.01. The fourth-order valence-electron chi connectivity index (χ4n) is 1.97. The molecular weight excluding hydrogens is 238 g/mol. The molecule has 0 unspecified atom stereocenters. The molecule has 0 fully saturated rings. The standard InChI is InChI=1S/C15H17N3O/c1-10-4-3-5-11(2)14(10)15(19)18-13-7-6-12(8-16)9-17-13/h3-7,9H,8,16H2,1-2H3,(H,17,18,19). The van der Waals surface area contributed by atoms with Gasteiger partial charge in [-0.3, -0.25) is 4.79 Å². The molecule has 0 aliphatic carbocycles. The van der Waals surface area contributed by atoms with Crippen LogP contribution in [0.1, 0.15) is 27.0 Å². The Hall–Kier alpha value is -2.20. The minimum absolute atomic E-state index is 0.136. The highest BCUT2D eigenvalue weighted by atomic mass is 16.1. The molecule has 0 aliphatic rings. The summed E-state index contributed by atoms with van der Waals surface area (Å²) in [5, 5.41) is 2.80. The summed E-state index contributed by atoms with van der Waals surface area (Å²) >= 11 is 0. The molecule has 4 nitrogen and oxygen atoms in total. The van der Waals surface area contributed by atoms with E-state index >= 15 is 0 Å². The molecule has 2 rings (SSSR count). The van der Waals surface area contributed by atoms with E-state index in [9.17, 15) is 4.79 Å². The van der Waals surface area contributed by atoms with E-state index in [1.165, 1.54) is 0 Å². The molecule has 0 saturated carbocycles. The molecule has 0 radical (unpaired) electrons. The van der Waals surface area contributed by atoms with Gasteiger partial charge < -0.3 is 11.1 Å². The van der Waals surface area contributed by atoms with Gasteiger partial charge >= 0.3 is 0 Å². The molecule has 1 aromatic heterocycles. The van der Waals surface area contributed by atoms with Gasteiger partial charge in [0.2, 0.25) is 0 Å². The highest BCUT2D eigenvalue weighted by molar-refractivity contribution is 6.05. The molecule has 1 amide bonds. The zero-order valence-electron chi connectivity index (χ0n) is 11.1. The second-order valence-electron chi connectivity index (χ2n) is 4.48. The average molecular weight is 255 g/mol. The van der Waals surface area contributed by atoms with Crippen LogP contribution in [-0.4, -0.2) is 10.9 Å². The number of pyridine rings is 1. The monoisotopic (exact) mass is 255 g/mol. The Morgan fingerprint density at radius 2 is 1.89 bits per heavy atom. The Morgan fingerprint density at radius 3 is 2.42 bits per heavy atom. The summed E-state index contributed by atoms with van der Waals surface area (Å²) in [6, 6.07) is 9.40. The number of rotatable bonds is 3. The molecule has 3 N–H and O–H groups in total. The Labute approximate surface area is 112 Å². The van der Waals surface area contributed by atoms with Gasteiger partial charge in [-0.1, -0.05) is 24.3 Å². The molecule has 1 aromatic carbocycles. The van der Waals surface area contributed by atoms with Crippen LogP contribution in [-0.2, 0) is 6.54 Å². The molecule has 0 saturated heterocycles. The van der Waals surface area contributed by atoms with E-state index in [1.807, 2.05) is 38.1 Å². The third-order valence-corrected chi connectivity index (χ3v) is 3.01. The van der Waals surface area contributed by atoms with Crippen molar-refractivity contribution in [1.29, 1.82) is 0 Å². The quantitative estimate of drug-likeness (QED) is 0.885. The summed E-state index contributed by atoms with van der Waals surface area (Å²) in [4.78, 5) is 16.4. The largest absolute Gasteiger partial charge is 0.326 e. The zero-order chi connectivity index (χ0) is 13.8. The van der Waals surface area contributed by atoms with E-state index in [-0.39, 0.29) is 5.91 Å².